The van der Waals surface area contributed by atoms with Crippen LogP contribution in [-0.2, 0) is 9.53 Å². The number of ether oxygens (including phenoxy) is 1. The second kappa shape index (κ2) is 8.01. The van der Waals surface area contributed by atoms with E-state index in [1.54, 1.807) is 0 Å². The van der Waals surface area contributed by atoms with Gasteiger partial charge in [0.25, 0.3) is 5.91 Å². The number of carbonyl (C=O) groups excluding carboxylic acids is 2. The van der Waals surface area contributed by atoms with Crippen LogP contribution in [0.2, 0.25) is 0 Å². The summed E-state index contributed by atoms with van der Waals surface area (Å²) in [5, 5.41) is 6.84. The number of rotatable bonds is 4. The molecule has 0 saturated heterocycles. The Bertz CT molecular complexity index is 967. The number of benzene rings is 3. The highest BCUT2D eigenvalue weighted by molar-refractivity contribution is 6.18. The highest BCUT2D eigenvalue weighted by atomic mass is 16.5. The first-order chi connectivity index (χ1) is 13.7. The van der Waals surface area contributed by atoms with E-state index in [4.69, 9.17) is 4.74 Å². The molecule has 1 atom stereocenters. The first kappa shape index (κ1) is 18.5. The zero-order valence-electron chi connectivity index (χ0n) is 16.1. The van der Waals surface area contributed by atoms with Crippen LogP contribution in [0.15, 0.2) is 54.6 Å². The number of amides is 1. The molecule has 0 aromatic heterocycles. The molecule has 0 aliphatic heterocycles. The van der Waals surface area contributed by atoms with Crippen molar-refractivity contribution in [2.75, 3.05) is 7.11 Å². The van der Waals surface area contributed by atoms with Crippen LogP contribution in [0, 0.1) is 5.92 Å². The first-order valence-corrected chi connectivity index (χ1v) is 9.98. The van der Waals surface area contributed by atoms with E-state index in [0.717, 1.165) is 47.2 Å². The van der Waals surface area contributed by atoms with Crippen molar-refractivity contribution in [2.24, 2.45) is 5.92 Å². The molecule has 4 heteroatoms. The summed E-state index contributed by atoms with van der Waals surface area (Å²) in [6.45, 7) is 0. The SMILES string of the molecule is COC(=O)[C@H](NC(=O)c1c2ccccc2cc2ccccc12)C1CCCCC1. The third-order valence-electron chi connectivity index (χ3n) is 5.86. The smallest absolute Gasteiger partial charge is 0.328 e. The maximum Gasteiger partial charge on any atom is 0.328 e. The monoisotopic (exact) mass is 375 g/mol. The predicted octanol–water partition coefficient (Wildman–Crippen LogP) is 4.84. The average Bonchev–Trinajstić information content (AvgIpc) is 2.75. The molecule has 3 aromatic rings. The van der Waals surface area contributed by atoms with Crippen LogP contribution < -0.4 is 5.32 Å². The van der Waals surface area contributed by atoms with Gasteiger partial charge in [0.2, 0.25) is 0 Å². The molecule has 0 radical (unpaired) electrons. The summed E-state index contributed by atoms with van der Waals surface area (Å²) in [6, 6.07) is 17.3. The van der Waals surface area contributed by atoms with Crippen LogP contribution in [0.3, 0.4) is 0 Å². The minimum atomic E-state index is -0.601. The first-order valence-electron chi connectivity index (χ1n) is 9.98. The number of methoxy groups -OCH3 is 1. The van der Waals surface area contributed by atoms with Gasteiger partial charge in [-0.2, -0.15) is 0 Å². The molecule has 4 rings (SSSR count). The lowest BCUT2D eigenvalue weighted by Crippen LogP contribution is -2.47. The molecule has 0 unspecified atom stereocenters. The van der Waals surface area contributed by atoms with Crippen LogP contribution in [0.5, 0.6) is 0 Å². The second-order valence-corrected chi connectivity index (χ2v) is 7.57. The van der Waals surface area contributed by atoms with Crippen LogP contribution >= 0.6 is 0 Å². The summed E-state index contributed by atoms with van der Waals surface area (Å²) in [5.74, 6) is -0.440. The van der Waals surface area contributed by atoms with Crippen LogP contribution in [0.25, 0.3) is 21.5 Å². The van der Waals surface area contributed by atoms with E-state index in [9.17, 15) is 9.59 Å². The van der Waals surface area contributed by atoms with Gasteiger partial charge in [0, 0.05) is 0 Å². The molecule has 4 nitrogen and oxygen atoms in total. The van der Waals surface area contributed by atoms with Gasteiger partial charge < -0.3 is 10.1 Å². The third-order valence-corrected chi connectivity index (χ3v) is 5.86. The van der Waals surface area contributed by atoms with Gasteiger partial charge in [-0.1, -0.05) is 67.8 Å². The minimum Gasteiger partial charge on any atom is -0.467 e. The quantitative estimate of drug-likeness (QED) is 0.524. The molecule has 0 heterocycles. The molecule has 28 heavy (non-hydrogen) atoms. The zero-order valence-corrected chi connectivity index (χ0v) is 16.1. The molecule has 0 spiro atoms. The lowest BCUT2D eigenvalue weighted by Gasteiger charge is -2.29. The summed E-state index contributed by atoms with van der Waals surface area (Å²) in [4.78, 5) is 25.9. The summed E-state index contributed by atoms with van der Waals surface area (Å²) in [7, 11) is 1.39. The van der Waals surface area contributed by atoms with Crippen LogP contribution in [0.4, 0.5) is 0 Å². The fourth-order valence-corrected chi connectivity index (χ4v) is 4.44. The van der Waals surface area contributed by atoms with Gasteiger partial charge in [-0.3, -0.25) is 4.79 Å². The van der Waals surface area contributed by atoms with Crippen molar-refractivity contribution in [3.8, 4) is 0 Å². The number of carbonyl (C=O) groups is 2. The van der Waals surface area contributed by atoms with Crippen molar-refractivity contribution >= 4 is 33.4 Å². The van der Waals surface area contributed by atoms with Crippen LogP contribution in [-0.4, -0.2) is 25.0 Å². The van der Waals surface area contributed by atoms with Crippen molar-refractivity contribution in [1.29, 1.82) is 0 Å². The molecule has 3 aromatic carbocycles. The number of hydrogen-bond donors (Lipinski definition) is 1. The maximum absolute atomic E-state index is 13.4. The fourth-order valence-electron chi connectivity index (χ4n) is 4.44. The van der Waals surface area contributed by atoms with Crippen molar-refractivity contribution in [1.82, 2.24) is 5.32 Å². The molecule has 1 saturated carbocycles. The summed E-state index contributed by atoms with van der Waals surface area (Å²) in [5.41, 5.74) is 0.624. The van der Waals surface area contributed by atoms with E-state index in [-0.39, 0.29) is 17.8 Å². The van der Waals surface area contributed by atoms with Crippen molar-refractivity contribution < 1.29 is 14.3 Å². The number of hydrogen-bond acceptors (Lipinski definition) is 3. The van der Waals surface area contributed by atoms with E-state index < -0.39 is 6.04 Å². The molecular weight excluding hydrogens is 350 g/mol. The fraction of sp³-hybridized carbons (Fsp3) is 0.333. The van der Waals surface area contributed by atoms with Gasteiger partial charge in [-0.15, -0.1) is 0 Å². The summed E-state index contributed by atoms with van der Waals surface area (Å²) >= 11 is 0. The van der Waals surface area contributed by atoms with Gasteiger partial charge in [-0.25, -0.2) is 4.79 Å². The lowest BCUT2D eigenvalue weighted by atomic mass is 9.83. The third kappa shape index (κ3) is 3.47. The molecular formula is C24H25NO3. The Labute approximate surface area is 164 Å². The number of fused-ring (bicyclic) bond motifs is 2. The highest BCUT2D eigenvalue weighted by Gasteiger charge is 2.32. The molecule has 1 aliphatic rings. The van der Waals surface area contributed by atoms with Crippen molar-refractivity contribution in [2.45, 2.75) is 38.1 Å². The normalized spacial score (nSPS) is 16.0. The van der Waals surface area contributed by atoms with E-state index in [1.807, 2.05) is 48.5 Å². The number of esters is 1. The molecule has 1 fully saturated rings. The highest BCUT2D eigenvalue weighted by Crippen LogP contribution is 2.30. The van der Waals surface area contributed by atoms with Crippen molar-refractivity contribution in [3.63, 3.8) is 0 Å². The molecule has 1 aliphatic carbocycles. The Balaban J connectivity index is 1.77. The zero-order chi connectivity index (χ0) is 19.5. The van der Waals surface area contributed by atoms with Gasteiger partial charge in [-0.05, 0) is 46.4 Å². The number of nitrogens with one attached hydrogen (secondary N) is 1. The molecule has 144 valence electrons. The van der Waals surface area contributed by atoms with E-state index in [0.29, 0.717) is 5.56 Å². The molecule has 0 bridgehead atoms. The van der Waals surface area contributed by atoms with E-state index >= 15 is 0 Å². The van der Waals surface area contributed by atoms with Gasteiger partial charge in [0.15, 0.2) is 0 Å². The second-order valence-electron chi connectivity index (χ2n) is 7.57. The summed E-state index contributed by atoms with van der Waals surface area (Å²) < 4.78 is 5.02. The minimum absolute atomic E-state index is 0.131. The van der Waals surface area contributed by atoms with Crippen molar-refractivity contribution in [3.05, 3.63) is 60.2 Å². The Morgan fingerprint density at radius 3 is 2.07 bits per heavy atom. The molecule has 1 N–H and O–H groups in total. The predicted molar refractivity (Wildman–Crippen MR) is 111 cm³/mol. The Morgan fingerprint density at radius 2 is 1.50 bits per heavy atom. The lowest BCUT2D eigenvalue weighted by molar-refractivity contribution is -0.144. The van der Waals surface area contributed by atoms with Gasteiger partial charge in [0.1, 0.15) is 6.04 Å². The Kier molecular flexibility index (Phi) is 5.29. The van der Waals surface area contributed by atoms with E-state index in [1.165, 1.54) is 13.5 Å². The Morgan fingerprint density at radius 1 is 0.929 bits per heavy atom. The van der Waals surface area contributed by atoms with Gasteiger partial charge in [0.05, 0.1) is 12.7 Å². The standard InChI is InChI=1S/C24H25NO3/c1-28-24(27)22(16-9-3-2-4-10-16)25-23(26)21-19-13-7-5-11-17(19)15-18-12-6-8-14-20(18)21/h5-8,11-16,22H,2-4,9-10H2,1H3,(H,25,26)/t22-/m1/s1. The van der Waals surface area contributed by atoms with Crippen LogP contribution in [0.1, 0.15) is 42.5 Å². The molecule has 1 amide bonds. The maximum atomic E-state index is 13.4. The Hall–Kier alpha value is -2.88. The van der Waals surface area contributed by atoms with Gasteiger partial charge >= 0.3 is 5.97 Å². The largest absolute Gasteiger partial charge is 0.467 e. The van der Waals surface area contributed by atoms with E-state index in [2.05, 4.69) is 11.4 Å². The summed E-state index contributed by atoms with van der Waals surface area (Å²) in [6.07, 6.45) is 5.25. The topological polar surface area (TPSA) is 55.4 Å². The average molecular weight is 375 g/mol.